The molecule has 0 unspecified atom stereocenters. The van der Waals surface area contributed by atoms with Crippen LogP contribution in [0.4, 0.5) is 0 Å². The van der Waals surface area contributed by atoms with Crippen molar-refractivity contribution in [3.8, 4) is 0 Å². The Morgan fingerprint density at radius 3 is 2.94 bits per heavy atom. The van der Waals surface area contributed by atoms with Crippen molar-refractivity contribution >= 4 is 17.1 Å². The van der Waals surface area contributed by atoms with E-state index in [0.29, 0.717) is 16.9 Å². The number of fused-ring (bicyclic) bond motifs is 1. The second kappa shape index (κ2) is 4.28. The first-order valence-electron chi connectivity index (χ1n) is 5.02. The van der Waals surface area contributed by atoms with Crippen molar-refractivity contribution in [2.75, 3.05) is 6.61 Å². The summed E-state index contributed by atoms with van der Waals surface area (Å²) in [7, 11) is 0. The zero-order valence-electron chi connectivity index (χ0n) is 9.35. The summed E-state index contributed by atoms with van der Waals surface area (Å²) in [6.45, 7) is 3.55. The van der Waals surface area contributed by atoms with Crippen LogP contribution in [-0.2, 0) is 4.74 Å². The fourth-order valence-electron chi connectivity index (χ4n) is 1.36. The number of hydrogen-bond donors (Lipinski definition) is 1. The minimum atomic E-state index is -0.751. The summed E-state index contributed by atoms with van der Waals surface area (Å²) in [5, 5.41) is 0. The number of aryl methyl sites for hydroxylation is 1. The average molecular weight is 234 g/mol. The molecule has 0 atom stereocenters. The van der Waals surface area contributed by atoms with Gasteiger partial charge in [0.25, 0.3) is 5.56 Å². The molecule has 0 aromatic carbocycles. The molecule has 0 amide bonds. The Bertz CT molecular complexity index is 635. The van der Waals surface area contributed by atoms with Crippen molar-refractivity contribution in [1.29, 1.82) is 0 Å². The molecule has 2 aromatic rings. The van der Waals surface area contributed by atoms with Crippen molar-refractivity contribution in [3.63, 3.8) is 0 Å². The summed E-state index contributed by atoms with van der Waals surface area (Å²) >= 11 is 0. The van der Waals surface area contributed by atoms with E-state index >= 15 is 0 Å². The van der Waals surface area contributed by atoms with Crippen molar-refractivity contribution in [1.82, 2.24) is 19.9 Å². The summed E-state index contributed by atoms with van der Waals surface area (Å²) in [6, 6.07) is 0. The van der Waals surface area contributed by atoms with Crippen LogP contribution in [0.5, 0.6) is 0 Å². The summed E-state index contributed by atoms with van der Waals surface area (Å²) in [6.07, 6.45) is 1.32. The van der Waals surface area contributed by atoms with Crippen LogP contribution in [0, 0.1) is 6.92 Å². The lowest BCUT2D eigenvalue weighted by Crippen LogP contribution is -2.22. The topological polar surface area (TPSA) is 97.8 Å². The van der Waals surface area contributed by atoms with Gasteiger partial charge in [0.1, 0.15) is 11.8 Å². The lowest BCUT2D eigenvalue weighted by molar-refractivity contribution is 0.0517. The Kier molecular flexibility index (Phi) is 2.82. The molecular weight excluding hydrogens is 224 g/mol. The van der Waals surface area contributed by atoms with Crippen molar-refractivity contribution in [3.05, 3.63) is 28.1 Å². The third kappa shape index (κ3) is 1.99. The van der Waals surface area contributed by atoms with Gasteiger partial charge in [-0.25, -0.2) is 19.7 Å². The number of H-pyrrole nitrogens is 1. The van der Waals surface area contributed by atoms with Crippen LogP contribution in [-0.4, -0.2) is 32.5 Å². The van der Waals surface area contributed by atoms with E-state index in [9.17, 15) is 9.59 Å². The van der Waals surface area contributed by atoms with Gasteiger partial charge in [-0.05, 0) is 13.8 Å². The molecule has 7 heteroatoms. The van der Waals surface area contributed by atoms with Crippen molar-refractivity contribution in [2.45, 2.75) is 13.8 Å². The molecule has 0 radical (unpaired) electrons. The van der Waals surface area contributed by atoms with E-state index in [1.54, 1.807) is 13.8 Å². The molecule has 0 saturated carbocycles. The Balaban J connectivity index is 2.66. The minimum absolute atomic E-state index is 0.183. The molecule has 17 heavy (non-hydrogen) atoms. The molecule has 0 aliphatic heterocycles. The standard InChI is InChI=1S/C10H10N4O3/c1-3-17-10(16)7-9(15)14-8-6(13-7)5(2)11-4-12-8/h4H,3H2,1-2H3,(H,11,12,14,15). The zero-order valence-corrected chi connectivity index (χ0v) is 9.35. The summed E-state index contributed by atoms with van der Waals surface area (Å²) in [5.74, 6) is -0.751. The fourth-order valence-corrected chi connectivity index (χ4v) is 1.36. The van der Waals surface area contributed by atoms with E-state index in [2.05, 4.69) is 19.9 Å². The van der Waals surface area contributed by atoms with Crippen LogP contribution >= 0.6 is 0 Å². The zero-order chi connectivity index (χ0) is 12.4. The second-order valence-electron chi connectivity index (χ2n) is 3.29. The molecule has 0 spiro atoms. The van der Waals surface area contributed by atoms with Crippen molar-refractivity contribution < 1.29 is 9.53 Å². The maximum Gasteiger partial charge on any atom is 0.362 e. The highest BCUT2D eigenvalue weighted by atomic mass is 16.5. The molecule has 0 aliphatic carbocycles. The largest absolute Gasteiger partial charge is 0.461 e. The van der Waals surface area contributed by atoms with Crippen LogP contribution in [0.15, 0.2) is 11.1 Å². The predicted octanol–water partition coefficient (Wildman–Crippen LogP) is 0.198. The predicted molar refractivity (Wildman–Crippen MR) is 58.6 cm³/mol. The highest BCUT2D eigenvalue weighted by Gasteiger charge is 2.16. The molecular formula is C10H10N4O3. The van der Waals surface area contributed by atoms with Crippen molar-refractivity contribution in [2.24, 2.45) is 0 Å². The van der Waals surface area contributed by atoms with E-state index in [1.165, 1.54) is 6.33 Å². The van der Waals surface area contributed by atoms with Crippen LogP contribution in [0.3, 0.4) is 0 Å². The number of nitrogens with one attached hydrogen (secondary N) is 1. The first kappa shape index (κ1) is 11.2. The molecule has 2 aromatic heterocycles. The van der Waals surface area contributed by atoms with Gasteiger partial charge >= 0.3 is 5.97 Å². The van der Waals surface area contributed by atoms with Gasteiger partial charge in [0.2, 0.25) is 5.69 Å². The lowest BCUT2D eigenvalue weighted by atomic mass is 10.3. The monoisotopic (exact) mass is 234 g/mol. The van der Waals surface area contributed by atoms with Crippen LogP contribution < -0.4 is 5.56 Å². The van der Waals surface area contributed by atoms with Gasteiger partial charge in [0.15, 0.2) is 5.65 Å². The highest BCUT2D eigenvalue weighted by molar-refractivity contribution is 5.89. The number of carbonyl (C=O) groups is 1. The Morgan fingerprint density at radius 1 is 1.47 bits per heavy atom. The third-order valence-corrected chi connectivity index (χ3v) is 2.14. The van der Waals surface area contributed by atoms with E-state index in [-0.39, 0.29) is 12.3 Å². The van der Waals surface area contributed by atoms with Gasteiger partial charge in [0, 0.05) is 0 Å². The van der Waals surface area contributed by atoms with Gasteiger partial charge in [-0.2, -0.15) is 0 Å². The van der Waals surface area contributed by atoms with E-state index in [0.717, 1.165) is 0 Å². The smallest absolute Gasteiger partial charge is 0.362 e. The maximum atomic E-state index is 11.6. The molecule has 88 valence electrons. The quantitative estimate of drug-likeness (QED) is 0.745. The normalized spacial score (nSPS) is 10.5. The molecule has 1 N–H and O–H groups in total. The van der Waals surface area contributed by atoms with Gasteiger partial charge < -0.3 is 9.72 Å². The summed E-state index contributed by atoms with van der Waals surface area (Å²) in [5.41, 5.74) is 0.369. The molecule has 2 heterocycles. The van der Waals surface area contributed by atoms with Gasteiger partial charge in [0.05, 0.1) is 12.3 Å². The molecule has 0 aliphatic rings. The molecule has 0 saturated heterocycles. The van der Waals surface area contributed by atoms with Crippen LogP contribution in [0.25, 0.3) is 11.2 Å². The first-order valence-corrected chi connectivity index (χ1v) is 5.02. The molecule has 7 nitrogen and oxygen atoms in total. The fraction of sp³-hybridized carbons (Fsp3) is 0.300. The first-order chi connectivity index (χ1) is 8.13. The Morgan fingerprint density at radius 2 is 2.24 bits per heavy atom. The number of aromatic nitrogens is 4. The number of ether oxygens (including phenoxy) is 1. The average Bonchev–Trinajstić information content (AvgIpc) is 2.29. The summed E-state index contributed by atoms with van der Waals surface area (Å²) < 4.78 is 4.74. The Labute approximate surface area is 95.9 Å². The van der Waals surface area contributed by atoms with Gasteiger partial charge in [-0.3, -0.25) is 4.79 Å². The SMILES string of the molecule is CCOC(=O)c1nc2c(C)ncnc2[nH]c1=O. The third-order valence-electron chi connectivity index (χ3n) is 2.14. The van der Waals surface area contributed by atoms with E-state index < -0.39 is 11.5 Å². The van der Waals surface area contributed by atoms with Crippen LogP contribution in [0.2, 0.25) is 0 Å². The number of esters is 1. The number of hydrogen-bond acceptors (Lipinski definition) is 6. The molecule has 0 fully saturated rings. The van der Waals surface area contributed by atoms with Gasteiger partial charge in [-0.15, -0.1) is 0 Å². The Hall–Kier alpha value is -2.31. The maximum absolute atomic E-state index is 11.6. The highest BCUT2D eigenvalue weighted by Crippen LogP contribution is 2.07. The van der Waals surface area contributed by atoms with E-state index in [4.69, 9.17) is 4.74 Å². The number of carbonyl (C=O) groups excluding carboxylic acids is 1. The molecule has 2 rings (SSSR count). The summed E-state index contributed by atoms with van der Waals surface area (Å²) in [4.78, 5) is 37.3. The number of rotatable bonds is 2. The van der Waals surface area contributed by atoms with E-state index in [1.807, 2.05) is 0 Å². The second-order valence-corrected chi connectivity index (χ2v) is 3.29. The van der Waals surface area contributed by atoms with Crippen LogP contribution in [0.1, 0.15) is 23.1 Å². The number of aromatic amines is 1. The molecule has 0 bridgehead atoms. The van der Waals surface area contributed by atoms with Gasteiger partial charge in [-0.1, -0.05) is 0 Å². The number of nitrogens with zero attached hydrogens (tertiary/aromatic N) is 3. The lowest BCUT2D eigenvalue weighted by Gasteiger charge is -2.02. The minimum Gasteiger partial charge on any atom is -0.461 e.